The first-order valence-corrected chi connectivity index (χ1v) is 7.36. The van der Waals surface area contributed by atoms with E-state index >= 15 is 0 Å². The molecule has 2 rings (SSSR count). The summed E-state index contributed by atoms with van der Waals surface area (Å²) in [5.41, 5.74) is 2.25. The first kappa shape index (κ1) is 16.3. The van der Waals surface area contributed by atoms with Crippen molar-refractivity contribution in [1.29, 1.82) is 0 Å². The minimum atomic E-state index is 0.159. The standard InChI is InChI=1S/C18H23NO3/c1-19(10-11-20)13-16-8-9-17(18(12-16)21-2)22-14-15-6-4-3-5-7-15/h3-9,12,20H,10-11,13-14H2,1-2H3. The van der Waals surface area contributed by atoms with Gasteiger partial charge in [0.2, 0.25) is 0 Å². The highest BCUT2D eigenvalue weighted by Gasteiger charge is 2.08. The summed E-state index contributed by atoms with van der Waals surface area (Å²) in [5, 5.41) is 8.95. The summed E-state index contributed by atoms with van der Waals surface area (Å²) in [7, 11) is 3.62. The molecule has 4 heteroatoms. The molecule has 0 atom stereocenters. The van der Waals surface area contributed by atoms with Gasteiger partial charge in [-0.3, -0.25) is 4.90 Å². The van der Waals surface area contributed by atoms with Crippen LogP contribution in [0.25, 0.3) is 0 Å². The van der Waals surface area contributed by atoms with Gasteiger partial charge in [0, 0.05) is 13.1 Å². The second kappa shape index (κ2) is 8.41. The molecule has 0 bridgehead atoms. The van der Waals surface area contributed by atoms with Crippen LogP contribution < -0.4 is 9.47 Å². The van der Waals surface area contributed by atoms with Gasteiger partial charge in [-0.2, -0.15) is 0 Å². The summed E-state index contributed by atoms with van der Waals surface area (Å²) in [5.74, 6) is 1.46. The molecule has 0 fully saturated rings. The highest BCUT2D eigenvalue weighted by Crippen LogP contribution is 2.29. The van der Waals surface area contributed by atoms with Crippen molar-refractivity contribution in [2.75, 3.05) is 27.3 Å². The molecule has 0 amide bonds. The summed E-state index contributed by atoms with van der Waals surface area (Å²) in [6.07, 6.45) is 0. The molecule has 1 N–H and O–H groups in total. The summed E-state index contributed by atoms with van der Waals surface area (Å²) in [4.78, 5) is 2.05. The monoisotopic (exact) mass is 301 g/mol. The van der Waals surface area contributed by atoms with Gasteiger partial charge in [0.15, 0.2) is 11.5 Å². The number of nitrogens with zero attached hydrogens (tertiary/aromatic N) is 1. The quantitative estimate of drug-likeness (QED) is 0.814. The number of benzene rings is 2. The van der Waals surface area contributed by atoms with E-state index in [2.05, 4.69) is 4.90 Å². The number of aliphatic hydroxyl groups is 1. The molecule has 0 saturated heterocycles. The zero-order valence-corrected chi connectivity index (χ0v) is 13.2. The molecule has 0 heterocycles. The predicted octanol–water partition coefficient (Wildman–Crippen LogP) is 2.70. The third-order valence-electron chi connectivity index (χ3n) is 3.40. The highest BCUT2D eigenvalue weighted by molar-refractivity contribution is 5.43. The molecule has 118 valence electrons. The van der Waals surface area contributed by atoms with Gasteiger partial charge < -0.3 is 14.6 Å². The van der Waals surface area contributed by atoms with Crippen LogP contribution in [0.2, 0.25) is 0 Å². The topological polar surface area (TPSA) is 41.9 Å². The molecule has 4 nitrogen and oxygen atoms in total. The third kappa shape index (κ3) is 4.76. The lowest BCUT2D eigenvalue weighted by atomic mass is 10.2. The molecular weight excluding hydrogens is 278 g/mol. The maximum atomic E-state index is 8.95. The number of likely N-dealkylation sites (N-methyl/N-ethyl adjacent to an activating group) is 1. The second-order valence-electron chi connectivity index (χ2n) is 5.22. The highest BCUT2D eigenvalue weighted by atomic mass is 16.5. The Kier molecular flexibility index (Phi) is 6.25. The van der Waals surface area contributed by atoms with Crippen LogP contribution in [0.5, 0.6) is 11.5 Å². The Labute approximate surface area is 131 Å². The number of aliphatic hydroxyl groups excluding tert-OH is 1. The van der Waals surface area contributed by atoms with Gasteiger partial charge in [-0.05, 0) is 30.3 Å². The lowest BCUT2D eigenvalue weighted by Gasteiger charge is -2.17. The van der Waals surface area contributed by atoms with Crippen LogP contribution in [0.15, 0.2) is 48.5 Å². The Morgan fingerprint density at radius 1 is 1.00 bits per heavy atom. The Morgan fingerprint density at radius 2 is 1.77 bits per heavy atom. The van der Waals surface area contributed by atoms with E-state index in [0.717, 1.165) is 29.2 Å². The molecule has 2 aromatic carbocycles. The van der Waals surface area contributed by atoms with E-state index in [-0.39, 0.29) is 6.61 Å². The largest absolute Gasteiger partial charge is 0.493 e. The summed E-state index contributed by atoms with van der Waals surface area (Å²) in [6.45, 7) is 2.08. The van der Waals surface area contributed by atoms with Gasteiger partial charge in [-0.1, -0.05) is 36.4 Å². The Balaban J connectivity index is 2.02. The smallest absolute Gasteiger partial charge is 0.161 e. The number of rotatable bonds is 8. The first-order chi connectivity index (χ1) is 10.7. The number of ether oxygens (including phenoxy) is 2. The van der Waals surface area contributed by atoms with Gasteiger partial charge in [-0.15, -0.1) is 0 Å². The van der Waals surface area contributed by atoms with E-state index in [4.69, 9.17) is 14.6 Å². The van der Waals surface area contributed by atoms with Crippen molar-refractivity contribution in [3.63, 3.8) is 0 Å². The zero-order chi connectivity index (χ0) is 15.8. The van der Waals surface area contributed by atoms with Gasteiger partial charge in [-0.25, -0.2) is 0 Å². The minimum Gasteiger partial charge on any atom is -0.493 e. The molecule has 0 aliphatic rings. The van der Waals surface area contributed by atoms with Crippen LogP contribution >= 0.6 is 0 Å². The fraction of sp³-hybridized carbons (Fsp3) is 0.333. The molecule has 0 aliphatic heterocycles. The van der Waals surface area contributed by atoms with E-state index in [9.17, 15) is 0 Å². The lowest BCUT2D eigenvalue weighted by molar-refractivity contribution is 0.217. The molecular formula is C18H23NO3. The molecule has 2 aromatic rings. The van der Waals surface area contributed by atoms with E-state index in [1.807, 2.05) is 55.6 Å². The lowest BCUT2D eigenvalue weighted by Crippen LogP contribution is -2.21. The van der Waals surface area contributed by atoms with E-state index in [0.29, 0.717) is 13.2 Å². The average Bonchev–Trinajstić information content (AvgIpc) is 2.54. The maximum Gasteiger partial charge on any atom is 0.161 e. The molecule has 0 unspecified atom stereocenters. The average molecular weight is 301 g/mol. The Morgan fingerprint density at radius 3 is 2.45 bits per heavy atom. The van der Waals surface area contributed by atoms with Crippen LogP contribution in [-0.2, 0) is 13.2 Å². The normalized spacial score (nSPS) is 10.7. The van der Waals surface area contributed by atoms with Crippen molar-refractivity contribution < 1.29 is 14.6 Å². The van der Waals surface area contributed by atoms with E-state index in [1.165, 1.54) is 0 Å². The summed E-state index contributed by atoms with van der Waals surface area (Å²) >= 11 is 0. The van der Waals surface area contributed by atoms with Crippen LogP contribution in [-0.4, -0.2) is 37.3 Å². The summed E-state index contributed by atoms with van der Waals surface area (Å²) < 4.78 is 11.3. The zero-order valence-electron chi connectivity index (χ0n) is 13.2. The van der Waals surface area contributed by atoms with Crippen molar-refractivity contribution in [3.05, 3.63) is 59.7 Å². The molecule has 0 spiro atoms. The Hall–Kier alpha value is -2.04. The SMILES string of the molecule is COc1cc(CN(C)CCO)ccc1OCc1ccccc1. The van der Waals surface area contributed by atoms with Crippen molar-refractivity contribution in [3.8, 4) is 11.5 Å². The van der Waals surface area contributed by atoms with Gasteiger partial charge in [0.25, 0.3) is 0 Å². The number of methoxy groups -OCH3 is 1. The third-order valence-corrected chi connectivity index (χ3v) is 3.40. The second-order valence-corrected chi connectivity index (χ2v) is 5.22. The molecule has 0 aromatic heterocycles. The predicted molar refractivity (Wildman–Crippen MR) is 87.2 cm³/mol. The number of hydrogen-bond donors (Lipinski definition) is 1. The molecule has 22 heavy (non-hydrogen) atoms. The molecule has 0 radical (unpaired) electrons. The van der Waals surface area contributed by atoms with Crippen molar-refractivity contribution in [2.24, 2.45) is 0 Å². The van der Waals surface area contributed by atoms with Crippen molar-refractivity contribution in [1.82, 2.24) is 4.90 Å². The fourth-order valence-corrected chi connectivity index (χ4v) is 2.23. The molecule has 0 aliphatic carbocycles. The van der Waals surface area contributed by atoms with Gasteiger partial charge >= 0.3 is 0 Å². The van der Waals surface area contributed by atoms with Crippen molar-refractivity contribution in [2.45, 2.75) is 13.2 Å². The van der Waals surface area contributed by atoms with Crippen LogP contribution in [0, 0.1) is 0 Å². The van der Waals surface area contributed by atoms with Crippen LogP contribution in [0.4, 0.5) is 0 Å². The minimum absolute atomic E-state index is 0.159. The van der Waals surface area contributed by atoms with Gasteiger partial charge in [0.05, 0.1) is 13.7 Å². The molecule has 0 saturated carbocycles. The van der Waals surface area contributed by atoms with Gasteiger partial charge in [0.1, 0.15) is 6.61 Å². The van der Waals surface area contributed by atoms with Crippen LogP contribution in [0.1, 0.15) is 11.1 Å². The van der Waals surface area contributed by atoms with E-state index in [1.54, 1.807) is 7.11 Å². The summed E-state index contributed by atoms with van der Waals surface area (Å²) in [6, 6.07) is 16.0. The van der Waals surface area contributed by atoms with Crippen molar-refractivity contribution >= 4 is 0 Å². The van der Waals surface area contributed by atoms with Crippen LogP contribution in [0.3, 0.4) is 0 Å². The number of hydrogen-bond acceptors (Lipinski definition) is 4. The Bertz CT molecular complexity index is 572. The fourth-order valence-electron chi connectivity index (χ4n) is 2.23. The van der Waals surface area contributed by atoms with E-state index < -0.39 is 0 Å². The first-order valence-electron chi connectivity index (χ1n) is 7.36. The maximum absolute atomic E-state index is 8.95.